The second-order valence-electron chi connectivity index (χ2n) is 6.96. The molecule has 2 atom stereocenters. The first-order chi connectivity index (χ1) is 12.2. The summed E-state index contributed by atoms with van der Waals surface area (Å²) in [5, 5.41) is 3.99. The molecule has 0 N–H and O–H groups in total. The van der Waals surface area contributed by atoms with Crippen LogP contribution in [0, 0.1) is 0 Å². The zero-order chi connectivity index (χ0) is 17.2. The van der Waals surface area contributed by atoms with Gasteiger partial charge < -0.3 is 9.26 Å². The Labute approximate surface area is 147 Å². The molecule has 1 aromatic carbocycles. The molecular weight excluding hydrogens is 318 g/mol. The molecule has 2 aromatic rings. The van der Waals surface area contributed by atoms with Crippen molar-refractivity contribution in [2.24, 2.45) is 0 Å². The van der Waals surface area contributed by atoms with Crippen LogP contribution in [-0.2, 0) is 16.1 Å². The van der Waals surface area contributed by atoms with Gasteiger partial charge in [-0.25, -0.2) is 0 Å². The lowest BCUT2D eigenvalue weighted by atomic mass is 10.2. The predicted molar refractivity (Wildman–Crippen MR) is 90.7 cm³/mol. The molecule has 6 nitrogen and oxygen atoms in total. The number of likely N-dealkylation sites (tertiary alicyclic amines) is 1. The fourth-order valence-electron chi connectivity index (χ4n) is 3.32. The number of carbonyl (C=O) groups excluding carboxylic acids is 1. The van der Waals surface area contributed by atoms with Crippen molar-refractivity contribution in [3.8, 4) is 0 Å². The fourth-order valence-corrected chi connectivity index (χ4v) is 3.32. The third-order valence-electron chi connectivity index (χ3n) is 4.90. The van der Waals surface area contributed by atoms with Gasteiger partial charge in [-0.1, -0.05) is 35.5 Å². The minimum atomic E-state index is -0.508. The molecule has 25 heavy (non-hydrogen) atoms. The number of rotatable bonds is 6. The van der Waals surface area contributed by atoms with E-state index in [2.05, 4.69) is 27.2 Å². The Morgan fingerprint density at radius 2 is 2.12 bits per heavy atom. The number of ether oxygens (including phenoxy) is 1. The molecule has 0 radical (unpaired) electrons. The van der Waals surface area contributed by atoms with Crippen molar-refractivity contribution in [1.82, 2.24) is 15.0 Å². The molecule has 2 heterocycles. The monoisotopic (exact) mass is 341 g/mol. The first kappa shape index (κ1) is 16.3. The predicted octanol–water partition coefficient (Wildman–Crippen LogP) is 3.22. The molecule has 0 amide bonds. The first-order valence-electron chi connectivity index (χ1n) is 9.02. The largest absolute Gasteiger partial charge is 0.451 e. The Bertz CT molecular complexity index is 727. The molecule has 1 aliphatic carbocycles. The van der Waals surface area contributed by atoms with Crippen LogP contribution in [0.5, 0.6) is 0 Å². The minimum absolute atomic E-state index is 0.200. The van der Waals surface area contributed by atoms with Crippen molar-refractivity contribution in [2.45, 2.75) is 57.2 Å². The van der Waals surface area contributed by atoms with Crippen molar-refractivity contribution in [3.63, 3.8) is 0 Å². The van der Waals surface area contributed by atoms with Crippen molar-refractivity contribution in [1.29, 1.82) is 0 Å². The van der Waals surface area contributed by atoms with Crippen LogP contribution in [0.15, 0.2) is 34.9 Å². The summed E-state index contributed by atoms with van der Waals surface area (Å²) in [5.41, 5.74) is 1.21. The van der Waals surface area contributed by atoms with Crippen LogP contribution < -0.4 is 0 Å². The van der Waals surface area contributed by atoms with Gasteiger partial charge in [0.15, 0.2) is 11.9 Å². The van der Waals surface area contributed by atoms with Gasteiger partial charge in [0.1, 0.15) is 6.04 Å². The molecule has 0 spiro atoms. The number of hydrogen-bond acceptors (Lipinski definition) is 6. The first-order valence-corrected chi connectivity index (χ1v) is 9.02. The molecule has 0 bridgehead atoms. The maximum absolute atomic E-state index is 12.6. The molecule has 0 unspecified atom stereocenters. The Kier molecular flexibility index (Phi) is 4.53. The molecule has 1 aliphatic heterocycles. The van der Waals surface area contributed by atoms with E-state index in [4.69, 9.17) is 9.26 Å². The smallest absolute Gasteiger partial charge is 0.324 e. The highest BCUT2D eigenvalue weighted by molar-refractivity contribution is 5.76. The van der Waals surface area contributed by atoms with E-state index < -0.39 is 6.10 Å². The molecule has 2 fully saturated rings. The van der Waals surface area contributed by atoms with Crippen LogP contribution in [0.3, 0.4) is 0 Å². The van der Waals surface area contributed by atoms with Crippen molar-refractivity contribution >= 4 is 5.97 Å². The van der Waals surface area contributed by atoms with Gasteiger partial charge in [-0.2, -0.15) is 4.98 Å². The van der Waals surface area contributed by atoms with E-state index in [1.165, 1.54) is 5.56 Å². The molecule has 6 heteroatoms. The highest BCUT2D eigenvalue weighted by Gasteiger charge is 2.34. The summed E-state index contributed by atoms with van der Waals surface area (Å²) in [5.74, 6) is 1.36. The van der Waals surface area contributed by atoms with E-state index in [0.29, 0.717) is 11.8 Å². The summed E-state index contributed by atoms with van der Waals surface area (Å²) in [6.45, 7) is 3.47. The van der Waals surface area contributed by atoms with E-state index in [1.54, 1.807) is 6.92 Å². The van der Waals surface area contributed by atoms with Crippen molar-refractivity contribution in [2.75, 3.05) is 6.54 Å². The highest BCUT2D eigenvalue weighted by Crippen LogP contribution is 2.38. The van der Waals surface area contributed by atoms with E-state index >= 15 is 0 Å². The van der Waals surface area contributed by atoms with Crippen LogP contribution in [-0.4, -0.2) is 33.6 Å². The second kappa shape index (κ2) is 6.96. The molecular formula is C19H23N3O3. The zero-order valence-electron chi connectivity index (χ0n) is 14.4. The van der Waals surface area contributed by atoms with Gasteiger partial charge in [0.05, 0.1) is 0 Å². The van der Waals surface area contributed by atoms with Crippen molar-refractivity contribution in [3.05, 3.63) is 47.6 Å². The average molecular weight is 341 g/mol. The Balaban J connectivity index is 1.37. The maximum atomic E-state index is 12.6. The van der Waals surface area contributed by atoms with Gasteiger partial charge in [0.2, 0.25) is 0 Å². The maximum Gasteiger partial charge on any atom is 0.324 e. The zero-order valence-corrected chi connectivity index (χ0v) is 14.4. The number of hydrogen-bond donors (Lipinski definition) is 0. The van der Waals surface area contributed by atoms with Gasteiger partial charge in [-0.05, 0) is 44.7 Å². The number of carbonyl (C=O) groups is 1. The van der Waals surface area contributed by atoms with Gasteiger partial charge in [-0.15, -0.1) is 0 Å². The van der Waals surface area contributed by atoms with Crippen LogP contribution in [0.4, 0.5) is 0 Å². The fraction of sp³-hybridized carbons (Fsp3) is 0.526. The number of nitrogens with zero attached hydrogens (tertiary/aromatic N) is 3. The topological polar surface area (TPSA) is 68.5 Å². The number of esters is 1. The normalized spacial score (nSPS) is 22.0. The summed E-state index contributed by atoms with van der Waals surface area (Å²) < 4.78 is 10.9. The summed E-state index contributed by atoms with van der Waals surface area (Å²) >= 11 is 0. The lowest BCUT2D eigenvalue weighted by molar-refractivity contribution is -0.155. The Hall–Kier alpha value is -2.21. The highest BCUT2D eigenvalue weighted by atomic mass is 16.6. The molecule has 2 aliphatic rings. The van der Waals surface area contributed by atoms with Gasteiger partial charge in [0, 0.05) is 12.5 Å². The quantitative estimate of drug-likeness (QED) is 0.752. The molecule has 1 saturated carbocycles. The third-order valence-corrected chi connectivity index (χ3v) is 4.90. The van der Waals surface area contributed by atoms with Crippen LogP contribution in [0.25, 0.3) is 0 Å². The van der Waals surface area contributed by atoms with Crippen molar-refractivity contribution < 1.29 is 14.1 Å². The molecule has 132 valence electrons. The second-order valence-corrected chi connectivity index (χ2v) is 6.96. The molecule has 4 rings (SSSR count). The van der Waals surface area contributed by atoms with Gasteiger partial charge in [-0.3, -0.25) is 9.69 Å². The lowest BCUT2D eigenvalue weighted by Crippen LogP contribution is -2.37. The minimum Gasteiger partial charge on any atom is -0.451 e. The van der Waals surface area contributed by atoms with Crippen LogP contribution in [0.1, 0.15) is 61.9 Å². The van der Waals surface area contributed by atoms with Gasteiger partial charge in [0.25, 0.3) is 5.89 Å². The average Bonchev–Trinajstić information content (AvgIpc) is 3.17. The van der Waals surface area contributed by atoms with E-state index in [0.717, 1.165) is 44.6 Å². The van der Waals surface area contributed by atoms with Crippen LogP contribution >= 0.6 is 0 Å². The lowest BCUT2D eigenvalue weighted by Gasteiger charge is -2.23. The van der Waals surface area contributed by atoms with E-state index in [9.17, 15) is 4.79 Å². The standard InChI is InChI=1S/C19H23N3O3/c1-13(18-20-17(21-25-18)15-9-10-15)24-19(23)16-8-5-11-22(16)12-14-6-3-2-4-7-14/h2-4,6-7,13,15-16H,5,8-12H2,1H3/t13-,16-/m0/s1. The number of aromatic nitrogens is 2. The summed E-state index contributed by atoms with van der Waals surface area (Å²) in [6, 6.07) is 10.0. The van der Waals surface area contributed by atoms with E-state index in [-0.39, 0.29) is 12.0 Å². The van der Waals surface area contributed by atoms with Crippen LogP contribution in [0.2, 0.25) is 0 Å². The summed E-state index contributed by atoms with van der Waals surface area (Å²) in [4.78, 5) is 19.2. The third kappa shape index (κ3) is 3.74. The van der Waals surface area contributed by atoms with Gasteiger partial charge >= 0.3 is 5.97 Å². The molecule has 1 aromatic heterocycles. The van der Waals surface area contributed by atoms with E-state index in [1.807, 2.05) is 18.2 Å². The summed E-state index contributed by atoms with van der Waals surface area (Å²) in [6.07, 6.45) is 3.56. The summed E-state index contributed by atoms with van der Waals surface area (Å²) in [7, 11) is 0. The SMILES string of the molecule is C[C@H](OC(=O)[C@@H]1CCCN1Cc1ccccc1)c1nc(C2CC2)no1. The molecule has 1 saturated heterocycles. The Morgan fingerprint density at radius 3 is 2.88 bits per heavy atom. The number of benzene rings is 1. The Morgan fingerprint density at radius 1 is 1.32 bits per heavy atom.